The molecule has 0 spiro atoms. The van der Waals surface area contributed by atoms with Crippen molar-refractivity contribution in [2.75, 3.05) is 10.2 Å². The topological polar surface area (TPSA) is 80.0 Å². The zero-order valence-electron chi connectivity index (χ0n) is 16.7. The molecule has 0 aliphatic carbocycles. The third-order valence-electron chi connectivity index (χ3n) is 5.21. The van der Waals surface area contributed by atoms with Crippen LogP contribution in [-0.2, 0) is 25.9 Å². The predicted molar refractivity (Wildman–Crippen MR) is 113 cm³/mol. The van der Waals surface area contributed by atoms with E-state index in [1.165, 1.54) is 17.7 Å². The largest absolute Gasteiger partial charge is 0.350 e. The molecule has 0 bridgehead atoms. The summed E-state index contributed by atoms with van der Waals surface area (Å²) in [5.74, 6) is 1.58. The normalized spacial score (nSPS) is 15.4. The summed E-state index contributed by atoms with van der Waals surface area (Å²) in [5.41, 5.74) is 10.3. The average Bonchev–Trinajstić information content (AvgIpc) is 3.08. The number of nitrogens with one attached hydrogen (secondary N) is 1. The quantitative estimate of drug-likeness (QED) is 0.665. The van der Waals surface area contributed by atoms with Gasteiger partial charge in [-0.2, -0.15) is 15.0 Å². The van der Waals surface area contributed by atoms with Gasteiger partial charge in [0.15, 0.2) is 0 Å². The molecule has 1 aliphatic rings. The zero-order valence-corrected chi connectivity index (χ0v) is 16.7. The van der Waals surface area contributed by atoms with Crippen LogP contribution in [0, 0.1) is 5.82 Å². The molecule has 0 radical (unpaired) electrons. The minimum atomic E-state index is -0.256. The Balaban J connectivity index is 1.66. The fraction of sp³-hybridized carbons (Fsp3) is 0.318. The molecule has 1 aliphatic heterocycles. The Morgan fingerprint density at radius 1 is 1.17 bits per heavy atom. The van der Waals surface area contributed by atoms with Crippen molar-refractivity contribution < 1.29 is 4.39 Å². The van der Waals surface area contributed by atoms with E-state index in [9.17, 15) is 4.39 Å². The van der Waals surface area contributed by atoms with Gasteiger partial charge in [0.25, 0.3) is 0 Å². The van der Waals surface area contributed by atoms with Gasteiger partial charge >= 0.3 is 0 Å². The number of hydrogen-bond donors (Lipinski definition) is 2. The maximum atomic E-state index is 13.4. The molecule has 6 nitrogen and oxygen atoms in total. The Bertz CT molecular complexity index is 1020. The molecular formula is C22H25FN6. The van der Waals surface area contributed by atoms with Crippen LogP contribution in [0.4, 0.5) is 22.0 Å². The molecule has 1 atom stereocenters. The summed E-state index contributed by atoms with van der Waals surface area (Å²) in [6.07, 6.45) is 1.60. The van der Waals surface area contributed by atoms with Gasteiger partial charge in [-0.05, 0) is 48.2 Å². The van der Waals surface area contributed by atoms with Crippen molar-refractivity contribution in [2.45, 2.75) is 45.8 Å². The molecule has 4 rings (SSSR count). The van der Waals surface area contributed by atoms with E-state index in [0.29, 0.717) is 37.2 Å². The van der Waals surface area contributed by atoms with E-state index in [0.717, 1.165) is 23.2 Å². The summed E-state index contributed by atoms with van der Waals surface area (Å²) in [5, 5.41) is 3.21. The van der Waals surface area contributed by atoms with Crippen molar-refractivity contribution >= 4 is 17.6 Å². The van der Waals surface area contributed by atoms with Crippen molar-refractivity contribution in [3.63, 3.8) is 0 Å². The van der Waals surface area contributed by atoms with Crippen LogP contribution in [0.1, 0.15) is 36.4 Å². The number of benzene rings is 2. The molecular weight excluding hydrogens is 367 g/mol. The average molecular weight is 392 g/mol. The molecule has 3 N–H and O–H groups in total. The van der Waals surface area contributed by atoms with Crippen LogP contribution in [-0.4, -0.2) is 21.0 Å². The molecule has 1 unspecified atom stereocenters. The highest BCUT2D eigenvalue weighted by Gasteiger charge is 2.31. The van der Waals surface area contributed by atoms with E-state index in [-0.39, 0.29) is 11.9 Å². The van der Waals surface area contributed by atoms with Crippen LogP contribution in [0.5, 0.6) is 0 Å². The first-order valence-electron chi connectivity index (χ1n) is 9.92. The number of aryl methyl sites for hydroxylation is 1. The number of nitrogens with two attached hydrogens (primary N) is 1. The van der Waals surface area contributed by atoms with Crippen molar-refractivity contribution in [1.29, 1.82) is 0 Å². The second kappa shape index (κ2) is 8.13. The fourth-order valence-electron chi connectivity index (χ4n) is 3.78. The van der Waals surface area contributed by atoms with Crippen molar-refractivity contribution in [3.05, 3.63) is 70.8 Å². The lowest BCUT2D eigenvalue weighted by atomic mass is 10.0. The van der Waals surface area contributed by atoms with Gasteiger partial charge in [-0.3, -0.25) is 0 Å². The molecule has 0 saturated heterocycles. The van der Waals surface area contributed by atoms with E-state index < -0.39 is 0 Å². The van der Waals surface area contributed by atoms with Crippen LogP contribution >= 0.6 is 0 Å². The van der Waals surface area contributed by atoms with E-state index in [1.807, 2.05) is 19.1 Å². The predicted octanol–water partition coefficient (Wildman–Crippen LogP) is 3.73. The van der Waals surface area contributed by atoms with E-state index in [2.05, 4.69) is 44.2 Å². The summed E-state index contributed by atoms with van der Waals surface area (Å²) in [6.45, 7) is 5.13. The lowest BCUT2D eigenvalue weighted by molar-refractivity contribution is 0.626. The number of hydrogen-bond acceptors (Lipinski definition) is 6. The molecule has 2 aromatic carbocycles. The SMILES string of the molecule is CCc1nc(NCc2cccc(F)c2)nc(N2c3cccc(CN)c3CC2C)n1. The summed E-state index contributed by atoms with van der Waals surface area (Å²) < 4.78 is 13.4. The first kappa shape index (κ1) is 19.3. The van der Waals surface area contributed by atoms with Gasteiger partial charge in [0, 0.05) is 31.2 Å². The minimum Gasteiger partial charge on any atom is -0.350 e. The molecule has 150 valence electrons. The molecule has 7 heteroatoms. The molecule has 0 saturated carbocycles. The Kier molecular flexibility index (Phi) is 5.40. The minimum absolute atomic E-state index is 0.223. The van der Waals surface area contributed by atoms with Crippen molar-refractivity contribution in [3.8, 4) is 0 Å². The Hall–Kier alpha value is -3.06. The molecule has 3 aromatic rings. The van der Waals surface area contributed by atoms with Gasteiger partial charge < -0.3 is 16.0 Å². The van der Waals surface area contributed by atoms with Gasteiger partial charge in [0.05, 0.1) is 0 Å². The number of fused-ring (bicyclic) bond motifs is 1. The summed E-state index contributed by atoms with van der Waals surface area (Å²) in [4.78, 5) is 16.0. The number of anilines is 3. The van der Waals surface area contributed by atoms with Crippen LogP contribution in [0.3, 0.4) is 0 Å². The maximum absolute atomic E-state index is 13.4. The van der Waals surface area contributed by atoms with Crippen LogP contribution in [0.25, 0.3) is 0 Å². The lowest BCUT2D eigenvalue weighted by Crippen LogP contribution is -2.27. The summed E-state index contributed by atoms with van der Waals surface area (Å²) in [6, 6.07) is 12.9. The molecule has 0 amide bonds. The number of aromatic nitrogens is 3. The second-order valence-corrected chi connectivity index (χ2v) is 7.25. The van der Waals surface area contributed by atoms with Crippen LogP contribution < -0.4 is 16.0 Å². The van der Waals surface area contributed by atoms with E-state index in [1.54, 1.807) is 6.07 Å². The first-order valence-corrected chi connectivity index (χ1v) is 9.92. The van der Waals surface area contributed by atoms with Crippen LogP contribution in [0.15, 0.2) is 42.5 Å². The highest BCUT2D eigenvalue weighted by atomic mass is 19.1. The highest BCUT2D eigenvalue weighted by Crippen LogP contribution is 2.38. The van der Waals surface area contributed by atoms with Gasteiger partial charge in [-0.1, -0.05) is 31.2 Å². The lowest BCUT2D eigenvalue weighted by Gasteiger charge is -2.23. The van der Waals surface area contributed by atoms with Crippen molar-refractivity contribution in [1.82, 2.24) is 15.0 Å². The Morgan fingerprint density at radius 2 is 2.00 bits per heavy atom. The van der Waals surface area contributed by atoms with Crippen LogP contribution in [0.2, 0.25) is 0 Å². The molecule has 29 heavy (non-hydrogen) atoms. The van der Waals surface area contributed by atoms with E-state index >= 15 is 0 Å². The molecule has 2 heterocycles. The van der Waals surface area contributed by atoms with Gasteiger partial charge in [-0.25, -0.2) is 4.39 Å². The Labute approximate surface area is 170 Å². The first-order chi connectivity index (χ1) is 14.1. The molecule has 1 aromatic heterocycles. The third kappa shape index (κ3) is 3.91. The van der Waals surface area contributed by atoms with E-state index in [4.69, 9.17) is 5.73 Å². The summed E-state index contributed by atoms with van der Waals surface area (Å²) in [7, 11) is 0. The maximum Gasteiger partial charge on any atom is 0.235 e. The number of nitrogens with zero attached hydrogens (tertiary/aromatic N) is 4. The Morgan fingerprint density at radius 3 is 2.76 bits per heavy atom. The molecule has 0 fully saturated rings. The van der Waals surface area contributed by atoms with Gasteiger partial charge in [-0.15, -0.1) is 0 Å². The second-order valence-electron chi connectivity index (χ2n) is 7.25. The fourth-order valence-corrected chi connectivity index (χ4v) is 3.78. The van der Waals surface area contributed by atoms with Crippen molar-refractivity contribution in [2.24, 2.45) is 5.73 Å². The smallest absolute Gasteiger partial charge is 0.235 e. The van der Waals surface area contributed by atoms with Gasteiger partial charge in [0.2, 0.25) is 11.9 Å². The number of halogens is 1. The number of rotatable bonds is 6. The zero-order chi connectivity index (χ0) is 20.4. The van der Waals surface area contributed by atoms with Gasteiger partial charge in [0.1, 0.15) is 11.6 Å². The standard InChI is InChI=1S/C22H25FN6/c1-3-20-26-21(25-13-15-6-4-8-17(23)11-15)28-22(27-20)29-14(2)10-18-16(12-24)7-5-9-19(18)29/h4-9,11,14H,3,10,12-13,24H2,1-2H3,(H,25,26,27,28). The third-order valence-corrected chi connectivity index (χ3v) is 5.21. The highest BCUT2D eigenvalue weighted by molar-refractivity contribution is 5.69. The monoisotopic (exact) mass is 392 g/mol. The summed E-state index contributed by atoms with van der Waals surface area (Å²) >= 11 is 0.